The molecule has 3 nitrogen and oxygen atoms in total. The second-order valence-electron chi connectivity index (χ2n) is 3.72. The minimum absolute atomic E-state index is 0.200. The van der Waals surface area contributed by atoms with Gasteiger partial charge in [0.15, 0.2) is 0 Å². The summed E-state index contributed by atoms with van der Waals surface area (Å²) in [4.78, 5) is 11.2. The number of hydrogen-bond acceptors (Lipinski definition) is 3. The average Bonchev–Trinajstić information content (AvgIpc) is 2.42. The first-order valence-corrected chi connectivity index (χ1v) is 5.38. The van der Waals surface area contributed by atoms with E-state index in [9.17, 15) is 4.79 Å². The molecule has 1 aliphatic rings. The van der Waals surface area contributed by atoms with Gasteiger partial charge in [-0.25, -0.2) is 4.79 Å². The lowest BCUT2D eigenvalue weighted by Crippen LogP contribution is -2.08. The minimum Gasteiger partial charge on any atom is -0.430 e. The van der Waals surface area contributed by atoms with Gasteiger partial charge in [-0.05, 0) is 31.8 Å². The van der Waals surface area contributed by atoms with Gasteiger partial charge in [-0.3, -0.25) is 0 Å². The highest BCUT2D eigenvalue weighted by Crippen LogP contribution is 2.24. The Bertz CT molecular complexity index is 266. The zero-order valence-corrected chi connectivity index (χ0v) is 9.25. The fourth-order valence-corrected chi connectivity index (χ4v) is 1.60. The topological polar surface area (TPSA) is 35.5 Å². The highest BCUT2D eigenvalue weighted by molar-refractivity contribution is 5.61. The minimum atomic E-state index is -0.619. The van der Waals surface area contributed by atoms with Gasteiger partial charge in [0.05, 0.1) is 0 Å². The van der Waals surface area contributed by atoms with Crippen molar-refractivity contribution in [1.29, 1.82) is 0 Å². The highest BCUT2D eigenvalue weighted by Gasteiger charge is 2.13. The maximum atomic E-state index is 11.2. The van der Waals surface area contributed by atoms with Crippen LogP contribution in [0.2, 0.25) is 0 Å². The van der Waals surface area contributed by atoms with Crippen LogP contribution >= 0.6 is 0 Å². The van der Waals surface area contributed by atoms with Crippen LogP contribution in [0.3, 0.4) is 0 Å². The highest BCUT2D eigenvalue weighted by atomic mass is 16.7. The third kappa shape index (κ3) is 4.19. The van der Waals surface area contributed by atoms with Gasteiger partial charge < -0.3 is 9.47 Å². The monoisotopic (exact) mass is 210 g/mol. The van der Waals surface area contributed by atoms with Crippen molar-refractivity contribution in [2.75, 3.05) is 6.61 Å². The van der Waals surface area contributed by atoms with Gasteiger partial charge in [0, 0.05) is 6.42 Å². The largest absolute Gasteiger partial charge is 0.513 e. The van der Waals surface area contributed by atoms with Crippen LogP contribution in [-0.4, -0.2) is 12.8 Å². The van der Waals surface area contributed by atoms with E-state index in [0.717, 1.165) is 25.0 Å². The molecule has 0 aromatic carbocycles. The standard InChI is InChI=1S/C12H18O3/c1-3-9-14-12(13)15-11-8-6-4-5-7-10(11)2/h3H,1,4-9H2,2H3. The van der Waals surface area contributed by atoms with Gasteiger partial charge in [-0.2, -0.15) is 0 Å². The number of carbonyl (C=O) groups is 1. The van der Waals surface area contributed by atoms with E-state index in [0.29, 0.717) is 0 Å². The van der Waals surface area contributed by atoms with Gasteiger partial charge in [-0.1, -0.05) is 19.1 Å². The molecule has 3 heteroatoms. The summed E-state index contributed by atoms with van der Waals surface area (Å²) in [6, 6.07) is 0. The lowest BCUT2D eigenvalue weighted by molar-refractivity contribution is 0.0833. The summed E-state index contributed by atoms with van der Waals surface area (Å²) >= 11 is 0. The van der Waals surface area contributed by atoms with Crippen molar-refractivity contribution in [2.24, 2.45) is 0 Å². The molecule has 0 saturated heterocycles. The average molecular weight is 210 g/mol. The van der Waals surface area contributed by atoms with E-state index in [2.05, 4.69) is 6.58 Å². The van der Waals surface area contributed by atoms with Crippen molar-refractivity contribution in [3.63, 3.8) is 0 Å². The summed E-state index contributed by atoms with van der Waals surface area (Å²) in [5, 5.41) is 0. The molecule has 0 aliphatic heterocycles. The predicted molar refractivity (Wildman–Crippen MR) is 58.4 cm³/mol. The summed E-state index contributed by atoms with van der Waals surface area (Å²) < 4.78 is 9.93. The fourth-order valence-electron chi connectivity index (χ4n) is 1.60. The first-order valence-electron chi connectivity index (χ1n) is 5.38. The Hall–Kier alpha value is -1.25. The second kappa shape index (κ2) is 6.27. The van der Waals surface area contributed by atoms with Gasteiger partial charge >= 0.3 is 6.16 Å². The first kappa shape index (κ1) is 11.8. The number of ether oxygens (including phenoxy) is 2. The first-order chi connectivity index (χ1) is 7.24. The molecule has 0 bridgehead atoms. The third-order valence-electron chi connectivity index (χ3n) is 2.46. The van der Waals surface area contributed by atoms with E-state index in [-0.39, 0.29) is 6.61 Å². The third-order valence-corrected chi connectivity index (χ3v) is 2.46. The van der Waals surface area contributed by atoms with Crippen molar-refractivity contribution < 1.29 is 14.3 Å². The van der Waals surface area contributed by atoms with Gasteiger partial charge in [0.25, 0.3) is 0 Å². The second-order valence-corrected chi connectivity index (χ2v) is 3.72. The van der Waals surface area contributed by atoms with Gasteiger partial charge in [0.1, 0.15) is 12.4 Å². The molecule has 1 rings (SSSR count). The Balaban J connectivity index is 2.47. The predicted octanol–water partition coefficient (Wildman–Crippen LogP) is 3.56. The molecule has 0 amide bonds. The van der Waals surface area contributed by atoms with Crippen LogP contribution in [0, 0.1) is 0 Å². The fraction of sp³-hybridized carbons (Fsp3) is 0.583. The summed E-state index contributed by atoms with van der Waals surface area (Å²) in [6.45, 7) is 5.68. The maximum absolute atomic E-state index is 11.2. The molecule has 84 valence electrons. The number of carbonyl (C=O) groups excluding carboxylic acids is 1. The molecule has 0 spiro atoms. The summed E-state index contributed by atoms with van der Waals surface area (Å²) in [5.74, 6) is 0.793. The van der Waals surface area contributed by atoms with Crippen molar-refractivity contribution in [3.05, 3.63) is 24.0 Å². The van der Waals surface area contributed by atoms with Crippen LogP contribution in [-0.2, 0) is 9.47 Å². The molecule has 0 fully saturated rings. The smallest absolute Gasteiger partial charge is 0.430 e. The summed E-state index contributed by atoms with van der Waals surface area (Å²) in [6.07, 6.45) is 6.23. The van der Waals surface area contributed by atoms with Crippen LogP contribution in [0.5, 0.6) is 0 Å². The van der Waals surface area contributed by atoms with Crippen molar-refractivity contribution in [3.8, 4) is 0 Å². The maximum Gasteiger partial charge on any atom is 0.513 e. The molecule has 0 unspecified atom stereocenters. The zero-order valence-electron chi connectivity index (χ0n) is 9.25. The molecule has 0 atom stereocenters. The van der Waals surface area contributed by atoms with Crippen molar-refractivity contribution in [1.82, 2.24) is 0 Å². The van der Waals surface area contributed by atoms with E-state index < -0.39 is 6.16 Å². The summed E-state index contributed by atoms with van der Waals surface area (Å²) in [7, 11) is 0. The molecule has 0 saturated carbocycles. The van der Waals surface area contributed by atoms with E-state index in [1.54, 1.807) is 0 Å². The number of hydrogen-bond donors (Lipinski definition) is 0. The van der Waals surface area contributed by atoms with E-state index in [1.807, 2.05) is 6.92 Å². The molecule has 0 aromatic rings. The SMILES string of the molecule is C=CCOC(=O)OC1=C(C)CCCCC1. The Morgan fingerprint density at radius 3 is 2.87 bits per heavy atom. The molecular formula is C12H18O3. The Morgan fingerprint density at radius 2 is 2.13 bits per heavy atom. The lowest BCUT2D eigenvalue weighted by atomic mass is 10.1. The van der Waals surface area contributed by atoms with Gasteiger partial charge in [0.2, 0.25) is 0 Å². The van der Waals surface area contributed by atoms with Crippen molar-refractivity contribution >= 4 is 6.16 Å². The van der Waals surface area contributed by atoms with Crippen molar-refractivity contribution in [2.45, 2.75) is 39.0 Å². The molecule has 0 radical (unpaired) electrons. The van der Waals surface area contributed by atoms with Crippen LogP contribution in [0.4, 0.5) is 4.79 Å². The van der Waals surface area contributed by atoms with E-state index >= 15 is 0 Å². The van der Waals surface area contributed by atoms with E-state index in [4.69, 9.17) is 9.47 Å². The van der Waals surface area contributed by atoms with Gasteiger partial charge in [-0.15, -0.1) is 0 Å². The molecule has 15 heavy (non-hydrogen) atoms. The molecule has 0 heterocycles. The quantitative estimate of drug-likeness (QED) is 0.527. The summed E-state index contributed by atoms with van der Waals surface area (Å²) in [5.41, 5.74) is 1.17. The number of rotatable bonds is 3. The van der Waals surface area contributed by atoms with E-state index in [1.165, 1.54) is 24.5 Å². The number of allylic oxidation sites excluding steroid dienone is 2. The Kier molecular flexibility index (Phi) is 4.95. The van der Waals surface area contributed by atoms with Crippen LogP contribution < -0.4 is 0 Å². The lowest BCUT2D eigenvalue weighted by Gasteiger charge is -2.09. The zero-order chi connectivity index (χ0) is 11.1. The Morgan fingerprint density at radius 1 is 1.40 bits per heavy atom. The van der Waals surface area contributed by atoms with Crippen LogP contribution in [0.1, 0.15) is 39.0 Å². The Labute approximate surface area is 90.8 Å². The van der Waals surface area contributed by atoms with Crippen LogP contribution in [0.15, 0.2) is 24.0 Å². The molecule has 0 aromatic heterocycles. The molecular weight excluding hydrogens is 192 g/mol. The molecule has 0 N–H and O–H groups in total. The van der Waals surface area contributed by atoms with Crippen LogP contribution in [0.25, 0.3) is 0 Å². The molecule has 1 aliphatic carbocycles. The normalized spacial score (nSPS) is 16.9.